The maximum absolute atomic E-state index is 12.4. The van der Waals surface area contributed by atoms with Crippen molar-refractivity contribution in [1.29, 1.82) is 0 Å². The molecule has 1 N–H and O–H groups in total. The molecule has 6 nitrogen and oxygen atoms in total. The molecule has 0 saturated carbocycles. The van der Waals surface area contributed by atoms with Crippen LogP contribution in [0.5, 0.6) is 11.5 Å². The second-order valence-corrected chi connectivity index (χ2v) is 8.35. The largest absolute Gasteiger partial charge is 0.505 e. The standard InChI is InChI=1S/C26H30N2O4S/c1-5-22(23(29)6-2)25(30)24-26(33-17-27-24)28(15-18-7-11-20(31-3)12-8-18)16-19-9-13-21(32-4)14-10-19/h7-14,17,30H,5-6,15-16H2,1-4H3. The summed E-state index contributed by atoms with van der Waals surface area (Å²) in [5.74, 6) is 1.50. The number of carbonyl (C=O) groups is 1. The van der Waals surface area contributed by atoms with Crippen LogP contribution in [-0.4, -0.2) is 30.1 Å². The number of allylic oxidation sites excluding steroid dienone is 1. The minimum Gasteiger partial charge on any atom is -0.505 e. The Hall–Kier alpha value is -3.32. The Balaban J connectivity index is 2.00. The summed E-state index contributed by atoms with van der Waals surface area (Å²) in [5.41, 5.74) is 4.75. The fourth-order valence-electron chi connectivity index (χ4n) is 3.58. The Labute approximate surface area is 199 Å². The highest BCUT2D eigenvalue weighted by atomic mass is 32.1. The van der Waals surface area contributed by atoms with Crippen LogP contribution in [0.15, 0.2) is 59.6 Å². The summed E-state index contributed by atoms with van der Waals surface area (Å²) >= 11 is 1.45. The number of anilines is 1. The summed E-state index contributed by atoms with van der Waals surface area (Å²) < 4.78 is 10.6. The van der Waals surface area contributed by atoms with E-state index in [1.165, 1.54) is 11.3 Å². The van der Waals surface area contributed by atoms with Crippen LogP contribution in [0.2, 0.25) is 0 Å². The molecule has 0 aliphatic heterocycles. The monoisotopic (exact) mass is 466 g/mol. The zero-order valence-corrected chi connectivity index (χ0v) is 20.3. The van der Waals surface area contributed by atoms with E-state index in [0.29, 0.717) is 37.2 Å². The predicted octanol–water partition coefficient (Wildman–Crippen LogP) is 6.03. The SMILES string of the molecule is CCC(=O)C(CC)=C(O)c1ncsc1N(Cc1ccc(OC)cc1)Cc1ccc(OC)cc1. The highest BCUT2D eigenvalue weighted by Gasteiger charge is 2.22. The van der Waals surface area contributed by atoms with Crippen molar-refractivity contribution < 1.29 is 19.4 Å². The van der Waals surface area contributed by atoms with Gasteiger partial charge in [0.15, 0.2) is 11.5 Å². The number of nitrogens with zero attached hydrogens (tertiary/aromatic N) is 2. The van der Waals surface area contributed by atoms with Crippen molar-refractivity contribution in [2.45, 2.75) is 39.8 Å². The number of Topliss-reactive ketones (excluding diaryl/α,β-unsaturated/α-hetero) is 1. The minimum atomic E-state index is -0.0641. The minimum absolute atomic E-state index is 0.0324. The smallest absolute Gasteiger partial charge is 0.162 e. The zero-order chi connectivity index (χ0) is 23.8. The Morgan fingerprint density at radius 1 is 0.909 bits per heavy atom. The van der Waals surface area contributed by atoms with Crippen molar-refractivity contribution in [3.05, 3.63) is 76.4 Å². The fraction of sp³-hybridized carbons (Fsp3) is 0.308. The molecule has 0 aliphatic carbocycles. The molecular weight excluding hydrogens is 436 g/mol. The van der Waals surface area contributed by atoms with E-state index in [0.717, 1.165) is 27.6 Å². The first-order valence-corrected chi connectivity index (χ1v) is 11.8. The number of ether oxygens (including phenoxy) is 2. The van der Waals surface area contributed by atoms with Gasteiger partial charge in [0, 0.05) is 25.1 Å². The van der Waals surface area contributed by atoms with E-state index in [1.807, 2.05) is 55.5 Å². The molecule has 174 valence electrons. The van der Waals surface area contributed by atoms with Crippen LogP contribution in [-0.2, 0) is 17.9 Å². The quantitative estimate of drug-likeness (QED) is 0.275. The molecule has 0 amide bonds. The topological polar surface area (TPSA) is 71.9 Å². The Kier molecular flexibility index (Phi) is 8.49. The van der Waals surface area contributed by atoms with Crippen LogP contribution < -0.4 is 14.4 Å². The van der Waals surface area contributed by atoms with Gasteiger partial charge in [-0.25, -0.2) is 4.98 Å². The van der Waals surface area contributed by atoms with Gasteiger partial charge in [0.1, 0.15) is 22.2 Å². The van der Waals surface area contributed by atoms with Gasteiger partial charge >= 0.3 is 0 Å². The fourth-order valence-corrected chi connectivity index (χ4v) is 4.38. The summed E-state index contributed by atoms with van der Waals surface area (Å²) in [4.78, 5) is 19.0. The lowest BCUT2D eigenvalue weighted by atomic mass is 10.0. The van der Waals surface area contributed by atoms with Crippen LogP contribution in [0.25, 0.3) is 5.76 Å². The first-order chi connectivity index (χ1) is 16.0. The highest BCUT2D eigenvalue weighted by molar-refractivity contribution is 7.14. The molecule has 0 spiro atoms. The van der Waals surface area contributed by atoms with Crippen molar-refractivity contribution in [3.8, 4) is 11.5 Å². The summed E-state index contributed by atoms with van der Waals surface area (Å²) in [6.07, 6.45) is 0.792. The molecule has 0 atom stereocenters. The second kappa shape index (κ2) is 11.5. The molecule has 0 unspecified atom stereocenters. The van der Waals surface area contributed by atoms with Crippen molar-refractivity contribution in [2.24, 2.45) is 0 Å². The summed E-state index contributed by atoms with van der Waals surface area (Å²) in [5, 5.41) is 11.8. The van der Waals surface area contributed by atoms with Crippen molar-refractivity contribution in [1.82, 2.24) is 4.98 Å². The average molecular weight is 467 g/mol. The van der Waals surface area contributed by atoms with E-state index in [4.69, 9.17) is 9.47 Å². The van der Waals surface area contributed by atoms with Gasteiger partial charge in [0.25, 0.3) is 0 Å². The lowest BCUT2D eigenvalue weighted by molar-refractivity contribution is -0.115. The molecule has 2 aromatic carbocycles. The maximum Gasteiger partial charge on any atom is 0.162 e. The van der Waals surface area contributed by atoms with Crippen LogP contribution >= 0.6 is 11.3 Å². The molecule has 7 heteroatoms. The number of rotatable bonds is 11. The van der Waals surface area contributed by atoms with E-state index >= 15 is 0 Å². The predicted molar refractivity (Wildman–Crippen MR) is 133 cm³/mol. The number of ketones is 1. The molecular formula is C26H30N2O4S. The van der Waals surface area contributed by atoms with Crippen molar-refractivity contribution in [3.63, 3.8) is 0 Å². The van der Waals surface area contributed by atoms with Gasteiger partial charge in [0.05, 0.1) is 19.7 Å². The highest BCUT2D eigenvalue weighted by Crippen LogP contribution is 2.34. The number of aromatic nitrogens is 1. The number of hydrogen-bond acceptors (Lipinski definition) is 7. The maximum atomic E-state index is 12.4. The summed E-state index contributed by atoms with van der Waals surface area (Å²) in [6, 6.07) is 15.8. The van der Waals surface area contributed by atoms with E-state index in [9.17, 15) is 9.90 Å². The van der Waals surface area contributed by atoms with Crippen molar-refractivity contribution in [2.75, 3.05) is 19.1 Å². The van der Waals surface area contributed by atoms with Gasteiger partial charge < -0.3 is 19.5 Å². The molecule has 1 aromatic heterocycles. The van der Waals surface area contributed by atoms with Gasteiger partial charge in [-0.05, 0) is 41.8 Å². The Morgan fingerprint density at radius 2 is 1.42 bits per heavy atom. The molecule has 3 aromatic rings. The van der Waals surface area contributed by atoms with E-state index in [1.54, 1.807) is 26.7 Å². The second-order valence-electron chi connectivity index (χ2n) is 7.52. The van der Waals surface area contributed by atoms with Gasteiger partial charge in [-0.3, -0.25) is 4.79 Å². The Morgan fingerprint density at radius 3 is 1.85 bits per heavy atom. The van der Waals surface area contributed by atoms with Crippen molar-refractivity contribution >= 4 is 27.9 Å². The molecule has 0 bridgehead atoms. The van der Waals surface area contributed by atoms with Gasteiger partial charge in [0.2, 0.25) is 0 Å². The van der Waals surface area contributed by atoms with E-state index in [-0.39, 0.29) is 11.5 Å². The average Bonchev–Trinajstić information content (AvgIpc) is 3.34. The Bertz CT molecular complexity index is 1040. The first kappa shape index (κ1) is 24.3. The van der Waals surface area contributed by atoms with E-state index in [2.05, 4.69) is 9.88 Å². The molecule has 1 heterocycles. The molecule has 33 heavy (non-hydrogen) atoms. The lowest BCUT2D eigenvalue weighted by Crippen LogP contribution is -2.22. The third-order valence-corrected chi connectivity index (χ3v) is 6.31. The number of hydrogen-bond donors (Lipinski definition) is 1. The van der Waals surface area contributed by atoms with Crippen LogP contribution in [0.4, 0.5) is 5.00 Å². The molecule has 0 saturated heterocycles. The first-order valence-electron chi connectivity index (χ1n) is 10.9. The van der Waals surface area contributed by atoms with Crippen LogP contribution in [0, 0.1) is 0 Å². The van der Waals surface area contributed by atoms with Gasteiger partial charge in [-0.2, -0.15) is 0 Å². The van der Waals surface area contributed by atoms with Gasteiger partial charge in [-0.1, -0.05) is 38.1 Å². The molecule has 0 radical (unpaired) electrons. The van der Waals surface area contributed by atoms with Crippen LogP contribution in [0.3, 0.4) is 0 Å². The third kappa shape index (κ3) is 5.93. The zero-order valence-electron chi connectivity index (χ0n) is 19.5. The van der Waals surface area contributed by atoms with E-state index < -0.39 is 0 Å². The molecule has 3 rings (SSSR count). The number of benzene rings is 2. The number of thiazole rings is 1. The van der Waals surface area contributed by atoms with Gasteiger partial charge in [-0.15, -0.1) is 11.3 Å². The van der Waals surface area contributed by atoms with Crippen LogP contribution in [0.1, 0.15) is 43.5 Å². The number of methoxy groups -OCH3 is 2. The third-order valence-electron chi connectivity index (χ3n) is 5.42. The summed E-state index contributed by atoms with van der Waals surface area (Å²) in [7, 11) is 3.29. The molecule has 0 aliphatic rings. The number of aliphatic hydroxyl groups is 1. The normalized spacial score (nSPS) is 11.6. The molecule has 0 fully saturated rings. The lowest BCUT2D eigenvalue weighted by Gasteiger charge is -2.25. The number of aliphatic hydroxyl groups excluding tert-OH is 1. The summed E-state index contributed by atoms with van der Waals surface area (Å²) in [6.45, 7) is 4.87. The number of carbonyl (C=O) groups excluding carboxylic acids is 1.